The molecule has 0 saturated carbocycles. The van der Waals surface area contributed by atoms with E-state index >= 15 is 0 Å². The fourth-order valence-electron chi connectivity index (χ4n) is 2.29. The van der Waals surface area contributed by atoms with Crippen LogP contribution in [0.25, 0.3) is 0 Å². The third-order valence-corrected chi connectivity index (χ3v) is 3.76. The van der Waals surface area contributed by atoms with Gasteiger partial charge in [0, 0.05) is 13.0 Å². The fraction of sp³-hybridized carbons (Fsp3) is 0.533. The van der Waals surface area contributed by atoms with Gasteiger partial charge in [-0.3, -0.25) is 4.68 Å². The Morgan fingerprint density at radius 2 is 2.19 bits per heavy atom. The van der Waals surface area contributed by atoms with Crippen molar-refractivity contribution in [2.24, 2.45) is 0 Å². The summed E-state index contributed by atoms with van der Waals surface area (Å²) >= 11 is 6.35. The molecule has 5 nitrogen and oxygen atoms in total. The summed E-state index contributed by atoms with van der Waals surface area (Å²) in [6.07, 6.45) is 2.57. The molecule has 2 aromatic heterocycles. The molecule has 0 radical (unpaired) electrons. The standard InChI is InChI=1S/C15H23ClN4O/c1-5-11-6-7-13(21-11)14(17-2)15-12(16)10-18-20(15)9-8-19(3)4/h6-7,10,14,17H,5,8-9H2,1-4H3. The summed E-state index contributed by atoms with van der Waals surface area (Å²) in [4.78, 5) is 2.12. The van der Waals surface area contributed by atoms with Gasteiger partial charge in [-0.25, -0.2) is 0 Å². The van der Waals surface area contributed by atoms with Gasteiger partial charge in [-0.15, -0.1) is 0 Å². The number of aromatic nitrogens is 2. The number of likely N-dealkylation sites (N-methyl/N-ethyl adjacent to an activating group) is 1. The van der Waals surface area contributed by atoms with Crippen LogP contribution < -0.4 is 5.32 Å². The van der Waals surface area contributed by atoms with E-state index in [1.807, 2.05) is 38.0 Å². The second-order valence-electron chi connectivity index (χ2n) is 5.28. The van der Waals surface area contributed by atoms with E-state index in [0.717, 1.165) is 36.7 Å². The minimum Gasteiger partial charge on any atom is -0.464 e. The topological polar surface area (TPSA) is 46.2 Å². The average Bonchev–Trinajstić information content (AvgIpc) is 3.06. The van der Waals surface area contributed by atoms with Gasteiger partial charge in [0.05, 0.1) is 23.5 Å². The second kappa shape index (κ2) is 7.11. The Morgan fingerprint density at radius 3 is 2.76 bits per heavy atom. The zero-order chi connectivity index (χ0) is 15.4. The summed E-state index contributed by atoms with van der Waals surface area (Å²) < 4.78 is 7.81. The van der Waals surface area contributed by atoms with Crippen LogP contribution in [0.3, 0.4) is 0 Å². The summed E-state index contributed by atoms with van der Waals surface area (Å²) in [6.45, 7) is 3.76. The van der Waals surface area contributed by atoms with Crippen LogP contribution in [-0.2, 0) is 13.0 Å². The molecule has 2 heterocycles. The van der Waals surface area contributed by atoms with E-state index in [9.17, 15) is 0 Å². The number of aryl methyl sites for hydroxylation is 1. The molecule has 0 fully saturated rings. The molecule has 1 unspecified atom stereocenters. The van der Waals surface area contributed by atoms with Crippen LogP contribution in [0, 0.1) is 0 Å². The highest BCUT2D eigenvalue weighted by Crippen LogP contribution is 2.29. The molecule has 2 rings (SSSR count). The highest BCUT2D eigenvalue weighted by molar-refractivity contribution is 6.31. The maximum Gasteiger partial charge on any atom is 0.127 e. The normalized spacial score (nSPS) is 13.0. The number of furan rings is 1. The molecule has 1 atom stereocenters. The lowest BCUT2D eigenvalue weighted by Gasteiger charge is -2.18. The van der Waals surface area contributed by atoms with Crippen LogP contribution in [0.1, 0.15) is 30.2 Å². The highest BCUT2D eigenvalue weighted by atomic mass is 35.5. The Kier molecular flexibility index (Phi) is 5.45. The fourth-order valence-corrected chi connectivity index (χ4v) is 2.54. The lowest BCUT2D eigenvalue weighted by atomic mass is 10.1. The molecule has 116 valence electrons. The monoisotopic (exact) mass is 310 g/mol. The number of hydrogen-bond acceptors (Lipinski definition) is 4. The molecule has 0 aromatic carbocycles. The zero-order valence-electron chi connectivity index (χ0n) is 13.1. The van der Waals surface area contributed by atoms with Crippen molar-refractivity contribution in [3.8, 4) is 0 Å². The zero-order valence-corrected chi connectivity index (χ0v) is 13.8. The van der Waals surface area contributed by atoms with E-state index < -0.39 is 0 Å². The summed E-state index contributed by atoms with van der Waals surface area (Å²) in [5.74, 6) is 1.84. The first-order valence-corrected chi connectivity index (χ1v) is 7.56. The summed E-state index contributed by atoms with van der Waals surface area (Å²) in [6, 6.07) is 3.91. The van der Waals surface area contributed by atoms with Crippen molar-refractivity contribution in [1.29, 1.82) is 0 Å². The van der Waals surface area contributed by atoms with E-state index in [4.69, 9.17) is 16.0 Å². The first-order chi connectivity index (χ1) is 10.1. The van der Waals surface area contributed by atoms with E-state index in [-0.39, 0.29) is 6.04 Å². The summed E-state index contributed by atoms with van der Waals surface area (Å²) in [7, 11) is 5.99. The van der Waals surface area contributed by atoms with Gasteiger partial charge >= 0.3 is 0 Å². The Balaban J connectivity index is 2.30. The van der Waals surface area contributed by atoms with Crippen molar-refractivity contribution in [2.75, 3.05) is 27.7 Å². The third kappa shape index (κ3) is 3.67. The van der Waals surface area contributed by atoms with Gasteiger partial charge in [-0.1, -0.05) is 18.5 Å². The summed E-state index contributed by atoms with van der Waals surface area (Å²) in [5.41, 5.74) is 0.943. The van der Waals surface area contributed by atoms with Gasteiger partial charge in [0.1, 0.15) is 17.6 Å². The van der Waals surface area contributed by atoms with Crippen molar-refractivity contribution in [1.82, 2.24) is 20.0 Å². The molecule has 6 heteroatoms. The van der Waals surface area contributed by atoms with Gasteiger partial charge in [0.15, 0.2) is 0 Å². The number of nitrogens with zero attached hydrogens (tertiary/aromatic N) is 3. The molecule has 0 aliphatic carbocycles. The minimum absolute atomic E-state index is 0.0949. The molecule has 0 saturated heterocycles. The minimum atomic E-state index is -0.0949. The van der Waals surface area contributed by atoms with Gasteiger partial charge in [-0.05, 0) is 33.3 Å². The Bertz CT molecular complexity index is 576. The van der Waals surface area contributed by atoms with Crippen LogP contribution in [0.4, 0.5) is 0 Å². The predicted molar refractivity (Wildman–Crippen MR) is 84.8 cm³/mol. The van der Waals surface area contributed by atoms with Crippen molar-refractivity contribution < 1.29 is 4.42 Å². The molecule has 21 heavy (non-hydrogen) atoms. The van der Waals surface area contributed by atoms with Gasteiger partial charge in [0.2, 0.25) is 0 Å². The van der Waals surface area contributed by atoms with Crippen LogP contribution >= 0.6 is 11.6 Å². The van der Waals surface area contributed by atoms with E-state index in [0.29, 0.717) is 5.02 Å². The maximum atomic E-state index is 6.35. The van der Waals surface area contributed by atoms with Gasteiger partial charge in [0.25, 0.3) is 0 Å². The highest BCUT2D eigenvalue weighted by Gasteiger charge is 2.23. The Hall–Kier alpha value is -1.30. The Morgan fingerprint density at radius 1 is 1.43 bits per heavy atom. The number of nitrogens with one attached hydrogen (secondary N) is 1. The van der Waals surface area contributed by atoms with Crippen LogP contribution in [-0.4, -0.2) is 42.4 Å². The van der Waals surface area contributed by atoms with E-state index in [1.54, 1.807) is 6.20 Å². The molecule has 0 aliphatic heterocycles. The molecular formula is C15H23ClN4O. The molecular weight excluding hydrogens is 288 g/mol. The largest absolute Gasteiger partial charge is 0.464 e. The quantitative estimate of drug-likeness (QED) is 0.854. The van der Waals surface area contributed by atoms with Crippen LogP contribution in [0.15, 0.2) is 22.7 Å². The summed E-state index contributed by atoms with van der Waals surface area (Å²) in [5, 5.41) is 8.31. The van der Waals surface area contributed by atoms with E-state index in [1.165, 1.54) is 0 Å². The van der Waals surface area contributed by atoms with Crippen LogP contribution in [0.5, 0.6) is 0 Å². The van der Waals surface area contributed by atoms with Crippen LogP contribution in [0.2, 0.25) is 5.02 Å². The lowest BCUT2D eigenvalue weighted by molar-refractivity contribution is 0.360. The van der Waals surface area contributed by atoms with Gasteiger partial charge < -0.3 is 14.6 Å². The second-order valence-corrected chi connectivity index (χ2v) is 5.69. The molecule has 2 aromatic rings. The molecule has 0 bridgehead atoms. The van der Waals surface area contributed by atoms with Crippen molar-refractivity contribution in [3.63, 3.8) is 0 Å². The lowest BCUT2D eigenvalue weighted by Crippen LogP contribution is -2.25. The van der Waals surface area contributed by atoms with Crippen molar-refractivity contribution >= 4 is 11.6 Å². The SMILES string of the molecule is CCc1ccc(C(NC)c2c(Cl)cnn2CCN(C)C)o1. The smallest absolute Gasteiger partial charge is 0.127 e. The number of halogens is 1. The molecule has 1 N–H and O–H groups in total. The first-order valence-electron chi connectivity index (χ1n) is 7.18. The Labute approximate surface area is 130 Å². The van der Waals surface area contributed by atoms with Crippen molar-refractivity contribution in [3.05, 3.63) is 40.6 Å². The molecule has 0 aliphatic rings. The maximum absolute atomic E-state index is 6.35. The molecule has 0 amide bonds. The predicted octanol–water partition coefficient (Wildman–Crippen LogP) is 2.56. The molecule has 0 spiro atoms. The van der Waals surface area contributed by atoms with E-state index in [2.05, 4.69) is 22.2 Å². The third-order valence-electron chi connectivity index (χ3n) is 3.47. The van der Waals surface area contributed by atoms with Gasteiger partial charge in [-0.2, -0.15) is 5.10 Å². The number of rotatable bonds is 7. The number of hydrogen-bond donors (Lipinski definition) is 1. The van der Waals surface area contributed by atoms with Crippen molar-refractivity contribution in [2.45, 2.75) is 25.9 Å². The average molecular weight is 311 g/mol. The first kappa shape index (κ1) is 16.1.